The summed E-state index contributed by atoms with van der Waals surface area (Å²) in [7, 11) is 9.13. The van der Waals surface area contributed by atoms with Crippen molar-refractivity contribution in [2.75, 3.05) is 69.2 Å². The molecule has 0 aliphatic rings. The topological polar surface area (TPSA) is 148 Å². The van der Waals surface area contributed by atoms with Crippen LogP contribution in [-0.4, -0.2) is 92.0 Å². The molecule has 0 fully saturated rings. The molecule has 1 aromatic carbocycles. The molecule has 0 radical (unpaired) electrons. The highest BCUT2D eigenvalue weighted by molar-refractivity contribution is 5.96. The van der Waals surface area contributed by atoms with Gasteiger partial charge in [0.25, 0.3) is 0 Å². The minimum Gasteiger partial charge on any atom is -0.494 e. The third kappa shape index (κ3) is 8.93. The van der Waals surface area contributed by atoms with Crippen LogP contribution in [0.3, 0.4) is 0 Å². The second kappa shape index (κ2) is 14.2. The summed E-state index contributed by atoms with van der Waals surface area (Å²) in [6.07, 6.45) is 2.02. The van der Waals surface area contributed by atoms with E-state index in [0.29, 0.717) is 34.2 Å². The molecule has 3 aromatic rings. The molecule has 2 heterocycles. The lowest BCUT2D eigenvalue weighted by atomic mass is 10.1. The number of nitrogens with zero attached hydrogens (tertiary/aromatic N) is 6. The average Bonchev–Trinajstić information content (AvgIpc) is 2.94. The Morgan fingerprint density at radius 3 is 2.30 bits per heavy atom. The molecule has 13 heteroatoms. The van der Waals surface area contributed by atoms with E-state index in [-0.39, 0.29) is 17.6 Å². The van der Waals surface area contributed by atoms with E-state index < -0.39 is 17.7 Å². The lowest BCUT2D eigenvalue weighted by Gasteiger charge is -2.24. The van der Waals surface area contributed by atoms with Gasteiger partial charge in [-0.3, -0.25) is 4.90 Å². The van der Waals surface area contributed by atoms with Crippen LogP contribution in [-0.2, 0) is 9.47 Å². The molecule has 0 unspecified atom stereocenters. The number of amides is 1. The number of aromatic nitrogens is 3. The largest absolute Gasteiger partial charge is 0.494 e. The number of anilines is 5. The number of pyridine rings is 1. The number of nitrogens with two attached hydrogens (primary N) is 1. The molecule has 0 atom stereocenters. The summed E-state index contributed by atoms with van der Waals surface area (Å²) in [5.74, 6) is 0.513. The number of esters is 1. The third-order valence-corrected chi connectivity index (χ3v) is 6.27. The monoisotopic (exact) mass is 608 g/mol. The highest BCUT2D eigenvalue weighted by atomic mass is 16.6. The zero-order valence-electron chi connectivity index (χ0n) is 27.3. The molecule has 0 aliphatic carbocycles. The lowest BCUT2D eigenvalue weighted by molar-refractivity contribution is 0.0377. The Labute approximate surface area is 259 Å². The predicted octanol–water partition coefficient (Wildman–Crippen LogP) is 4.81. The molecule has 2 aromatic heterocycles. The van der Waals surface area contributed by atoms with Gasteiger partial charge in [-0.05, 0) is 66.9 Å². The number of nitrogens with one attached hydrogen (secondary N) is 1. The Morgan fingerprint density at radius 1 is 1.02 bits per heavy atom. The van der Waals surface area contributed by atoms with Crippen LogP contribution in [0.1, 0.15) is 45.0 Å². The molecular weight excluding hydrogens is 564 g/mol. The Kier molecular flexibility index (Phi) is 10.9. The Morgan fingerprint density at radius 2 is 1.73 bits per heavy atom. The number of likely N-dealkylation sites (N-methyl/N-ethyl adjacent to an activating group) is 2. The van der Waals surface area contributed by atoms with Crippen LogP contribution in [0.25, 0.3) is 11.3 Å². The average molecular weight is 609 g/mol. The number of ether oxygens (including phenoxy) is 3. The Balaban J connectivity index is 1.98. The van der Waals surface area contributed by atoms with Gasteiger partial charge in [-0.2, -0.15) is 0 Å². The number of benzene rings is 1. The van der Waals surface area contributed by atoms with E-state index in [0.717, 1.165) is 18.8 Å². The number of methoxy groups -OCH3 is 1. The van der Waals surface area contributed by atoms with Gasteiger partial charge in [0.15, 0.2) is 0 Å². The molecule has 0 saturated carbocycles. The number of rotatable bonds is 11. The number of hydrogen-bond donors (Lipinski definition) is 2. The minimum atomic E-state index is -0.656. The molecule has 238 valence electrons. The maximum atomic E-state index is 13.0. The first-order chi connectivity index (χ1) is 20.6. The fourth-order valence-electron chi connectivity index (χ4n) is 4.01. The van der Waals surface area contributed by atoms with E-state index in [1.54, 1.807) is 67.0 Å². The first-order valence-corrected chi connectivity index (χ1v) is 14.2. The first kappa shape index (κ1) is 33.8. The van der Waals surface area contributed by atoms with Crippen molar-refractivity contribution in [1.29, 1.82) is 0 Å². The van der Waals surface area contributed by atoms with Gasteiger partial charge in [-0.15, -0.1) is 0 Å². The van der Waals surface area contributed by atoms with Crippen LogP contribution >= 0.6 is 0 Å². The third-order valence-electron chi connectivity index (χ3n) is 6.27. The summed E-state index contributed by atoms with van der Waals surface area (Å²) in [5, 5.41) is 3.17. The van der Waals surface area contributed by atoms with Gasteiger partial charge in [0.2, 0.25) is 5.95 Å². The van der Waals surface area contributed by atoms with E-state index in [1.165, 1.54) is 17.3 Å². The van der Waals surface area contributed by atoms with Crippen molar-refractivity contribution in [3.8, 4) is 17.0 Å². The zero-order valence-corrected chi connectivity index (χ0v) is 27.3. The van der Waals surface area contributed by atoms with Crippen molar-refractivity contribution in [2.24, 2.45) is 0 Å². The zero-order chi connectivity index (χ0) is 32.8. The Hall–Kier alpha value is -4.65. The molecule has 0 bridgehead atoms. The van der Waals surface area contributed by atoms with Gasteiger partial charge < -0.3 is 35.1 Å². The summed E-state index contributed by atoms with van der Waals surface area (Å²) in [4.78, 5) is 44.4. The van der Waals surface area contributed by atoms with Crippen molar-refractivity contribution < 1.29 is 23.8 Å². The van der Waals surface area contributed by atoms with E-state index in [9.17, 15) is 9.59 Å². The minimum absolute atomic E-state index is 0.156. The van der Waals surface area contributed by atoms with Crippen molar-refractivity contribution >= 4 is 40.9 Å². The molecule has 1 amide bonds. The van der Waals surface area contributed by atoms with Gasteiger partial charge in [0.1, 0.15) is 22.7 Å². The van der Waals surface area contributed by atoms with Crippen molar-refractivity contribution in [3.05, 3.63) is 42.2 Å². The number of carbonyl (C=O) groups excluding carboxylic acids is 2. The maximum absolute atomic E-state index is 13.0. The van der Waals surface area contributed by atoms with Gasteiger partial charge >= 0.3 is 12.1 Å². The summed E-state index contributed by atoms with van der Waals surface area (Å²) in [6.45, 7) is 10.5. The van der Waals surface area contributed by atoms with Gasteiger partial charge in [0, 0.05) is 51.2 Å². The van der Waals surface area contributed by atoms with E-state index in [4.69, 9.17) is 19.9 Å². The lowest BCUT2D eigenvalue weighted by Crippen LogP contribution is -2.34. The number of carbonyl (C=O) groups is 2. The molecule has 13 nitrogen and oxygen atoms in total. The van der Waals surface area contributed by atoms with Crippen LogP contribution in [0.5, 0.6) is 5.75 Å². The quantitative estimate of drug-likeness (QED) is 0.227. The molecule has 0 saturated heterocycles. The molecular formula is C31H44N8O5. The van der Waals surface area contributed by atoms with Gasteiger partial charge in [-0.25, -0.2) is 24.5 Å². The van der Waals surface area contributed by atoms with Crippen molar-refractivity contribution in [1.82, 2.24) is 19.9 Å². The van der Waals surface area contributed by atoms with E-state index in [2.05, 4.69) is 30.1 Å². The second-order valence-electron chi connectivity index (χ2n) is 11.8. The van der Waals surface area contributed by atoms with Crippen LogP contribution in [0, 0.1) is 0 Å². The van der Waals surface area contributed by atoms with Crippen molar-refractivity contribution in [3.63, 3.8) is 0 Å². The summed E-state index contributed by atoms with van der Waals surface area (Å²) in [5.41, 5.74) is 8.65. The number of nitrogen functional groups attached to an aromatic ring is 1. The predicted molar refractivity (Wildman–Crippen MR) is 173 cm³/mol. The van der Waals surface area contributed by atoms with Crippen LogP contribution in [0.15, 0.2) is 36.7 Å². The normalized spacial score (nSPS) is 11.4. The summed E-state index contributed by atoms with van der Waals surface area (Å²) < 4.78 is 16.5. The number of hydrogen-bond acceptors (Lipinski definition) is 12. The first-order valence-electron chi connectivity index (χ1n) is 14.2. The van der Waals surface area contributed by atoms with Crippen LogP contribution in [0.2, 0.25) is 0 Å². The summed E-state index contributed by atoms with van der Waals surface area (Å²) in [6, 6.07) is 6.96. The second-order valence-corrected chi connectivity index (χ2v) is 11.8. The van der Waals surface area contributed by atoms with Crippen LogP contribution < -0.4 is 25.6 Å². The highest BCUT2D eigenvalue weighted by Crippen LogP contribution is 2.36. The van der Waals surface area contributed by atoms with Crippen molar-refractivity contribution in [2.45, 2.75) is 46.3 Å². The van der Waals surface area contributed by atoms with Crippen LogP contribution in [0.4, 0.5) is 33.6 Å². The Bertz CT molecular complexity index is 1450. The summed E-state index contributed by atoms with van der Waals surface area (Å²) >= 11 is 0. The standard InChI is InChI=1S/C31H44N8O5/c1-19(2)43-28(40)21-18-34-29(35-23-15-22(32)24(16-25(23)42-10)38(8)14-13-37(6)7)36-27(21)20-11-12-26(33-17-20)39(9)30(41)44-31(3,4)5/h11-12,15-19H,13-14,32H2,1-10H3,(H,34,35,36). The highest BCUT2D eigenvalue weighted by Gasteiger charge is 2.23. The molecule has 0 aliphatic heterocycles. The van der Waals surface area contributed by atoms with E-state index >= 15 is 0 Å². The fourth-order valence-corrected chi connectivity index (χ4v) is 4.01. The fraction of sp³-hybridized carbons (Fsp3) is 0.452. The smallest absolute Gasteiger partial charge is 0.415 e. The van der Waals surface area contributed by atoms with E-state index in [1.807, 2.05) is 27.2 Å². The maximum Gasteiger partial charge on any atom is 0.415 e. The van der Waals surface area contributed by atoms with Gasteiger partial charge in [0.05, 0.1) is 36.0 Å². The van der Waals surface area contributed by atoms with Gasteiger partial charge in [-0.1, -0.05) is 0 Å². The molecule has 0 spiro atoms. The SMILES string of the molecule is COc1cc(N(C)CCN(C)C)c(N)cc1Nc1ncc(C(=O)OC(C)C)c(-c2ccc(N(C)C(=O)OC(C)(C)C)nc2)n1. The molecule has 44 heavy (non-hydrogen) atoms. The molecule has 3 N–H and O–H groups in total. The molecule has 3 rings (SSSR count).